The number of aromatic nitrogens is 2. The maximum atomic E-state index is 5.52. The van der Waals surface area contributed by atoms with Crippen LogP contribution < -0.4 is 14.5 Å². The number of nitrogens with zero attached hydrogens (tertiary/aromatic N) is 4. The van der Waals surface area contributed by atoms with Crippen LogP contribution >= 0.6 is 11.8 Å². The Morgan fingerprint density at radius 1 is 0.857 bits per heavy atom. The van der Waals surface area contributed by atoms with Crippen molar-refractivity contribution in [3.8, 4) is 5.75 Å². The average molecular weight is 393 g/mol. The van der Waals surface area contributed by atoms with E-state index in [1.165, 1.54) is 5.56 Å². The molecule has 0 aliphatic carbocycles. The first-order valence-corrected chi connectivity index (χ1v) is 10.4. The number of hydrogen-bond acceptors (Lipinski definition) is 6. The van der Waals surface area contributed by atoms with E-state index in [0.29, 0.717) is 0 Å². The van der Waals surface area contributed by atoms with Gasteiger partial charge < -0.3 is 14.5 Å². The summed E-state index contributed by atoms with van der Waals surface area (Å²) in [5.74, 6) is 2.81. The van der Waals surface area contributed by atoms with Crippen LogP contribution in [0.15, 0.2) is 72.0 Å². The molecular weight excluding hydrogens is 368 g/mol. The van der Waals surface area contributed by atoms with Crippen LogP contribution in [0, 0.1) is 0 Å². The van der Waals surface area contributed by atoms with Gasteiger partial charge in [-0.3, -0.25) is 0 Å². The Morgan fingerprint density at radius 3 is 2.32 bits per heavy atom. The van der Waals surface area contributed by atoms with Crippen LogP contribution in [0.4, 0.5) is 11.5 Å². The Bertz CT molecular complexity index is 898. The number of methoxy groups -OCH3 is 1. The van der Waals surface area contributed by atoms with Crippen molar-refractivity contribution in [2.24, 2.45) is 0 Å². The lowest BCUT2D eigenvalue weighted by Gasteiger charge is -2.37. The van der Waals surface area contributed by atoms with Gasteiger partial charge >= 0.3 is 0 Å². The molecular formula is C22H24N4OS. The highest BCUT2D eigenvalue weighted by Crippen LogP contribution is 2.32. The topological polar surface area (TPSA) is 41.5 Å². The average Bonchev–Trinajstić information content (AvgIpc) is 2.79. The molecule has 28 heavy (non-hydrogen) atoms. The van der Waals surface area contributed by atoms with E-state index in [1.54, 1.807) is 31.3 Å². The Labute approximate surface area is 170 Å². The summed E-state index contributed by atoms with van der Waals surface area (Å²) in [5, 5.41) is 0.997. The summed E-state index contributed by atoms with van der Waals surface area (Å²) in [6.45, 7) is 3.69. The zero-order chi connectivity index (χ0) is 19.2. The summed E-state index contributed by atoms with van der Waals surface area (Å²) < 4.78 is 5.52. The molecule has 1 fully saturated rings. The van der Waals surface area contributed by atoms with Crippen LogP contribution in [0.3, 0.4) is 0 Å². The molecule has 6 heteroatoms. The van der Waals surface area contributed by atoms with Crippen molar-refractivity contribution in [3.63, 3.8) is 0 Å². The highest BCUT2D eigenvalue weighted by atomic mass is 32.2. The fourth-order valence-corrected chi connectivity index (χ4v) is 4.35. The van der Waals surface area contributed by atoms with E-state index in [-0.39, 0.29) is 0 Å². The van der Waals surface area contributed by atoms with E-state index < -0.39 is 0 Å². The van der Waals surface area contributed by atoms with Gasteiger partial charge in [0.25, 0.3) is 0 Å². The summed E-state index contributed by atoms with van der Waals surface area (Å²) in [6.07, 6.45) is 3.57. The molecule has 3 aromatic rings. The Morgan fingerprint density at radius 2 is 1.54 bits per heavy atom. The molecule has 0 unspecified atom stereocenters. The maximum absolute atomic E-state index is 5.52. The fraction of sp³-hybridized carbons (Fsp3) is 0.273. The third-order valence-electron chi connectivity index (χ3n) is 4.87. The predicted molar refractivity (Wildman–Crippen MR) is 115 cm³/mol. The molecule has 1 saturated heterocycles. The summed E-state index contributed by atoms with van der Waals surface area (Å²) in [7, 11) is 1.73. The van der Waals surface area contributed by atoms with Crippen LogP contribution in [-0.4, -0.2) is 43.3 Å². The number of ether oxygens (including phenoxy) is 1. The normalized spacial score (nSPS) is 14.2. The molecule has 4 rings (SSSR count). The zero-order valence-electron chi connectivity index (χ0n) is 16.0. The smallest absolute Gasteiger partial charge is 0.161 e. The lowest BCUT2D eigenvalue weighted by Crippen LogP contribution is -2.47. The predicted octanol–water partition coefficient (Wildman–Crippen LogP) is 4.10. The third kappa shape index (κ3) is 4.22. The minimum absolute atomic E-state index is 0.897. The van der Waals surface area contributed by atoms with Crippen molar-refractivity contribution >= 4 is 23.3 Å². The summed E-state index contributed by atoms with van der Waals surface area (Å²) >= 11 is 1.75. The lowest BCUT2D eigenvalue weighted by atomic mass is 10.2. The van der Waals surface area contributed by atoms with Crippen molar-refractivity contribution in [2.75, 3.05) is 43.1 Å². The number of anilines is 2. The van der Waals surface area contributed by atoms with Crippen LogP contribution in [0.25, 0.3) is 0 Å². The largest absolute Gasteiger partial charge is 0.495 e. The number of rotatable bonds is 6. The Kier molecular flexibility index (Phi) is 5.97. The second kappa shape index (κ2) is 8.97. The lowest BCUT2D eigenvalue weighted by molar-refractivity contribution is 0.413. The molecule has 0 spiro atoms. The molecule has 1 aliphatic rings. The molecule has 5 nitrogen and oxygen atoms in total. The van der Waals surface area contributed by atoms with E-state index in [1.807, 2.05) is 18.2 Å². The highest BCUT2D eigenvalue weighted by Gasteiger charge is 2.22. The van der Waals surface area contributed by atoms with Gasteiger partial charge in [-0.15, -0.1) is 0 Å². The van der Waals surface area contributed by atoms with E-state index in [2.05, 4.69) is 56.2 Å². The van der Waals surface area contributed by atoms with Crippen molar-refractivity contribution in [1.82, 2.24) is 9.97 Å². The first kappa shape index (κ1) is 18.6. The van der Waals surface area contributed by atoms with Crippen molar-refractivity contribution in [2.45, 2.75) is 10.8 Å². The van der Waals surface area contributed by atoms with Gasteiger partial charge in [-0.25, -0.2) is 9.97 Å². The van der Waals surface area contributed by atoms with Crippen molar-refractivity contribution < 1.29 is 4.74 Å². The van der Waals surface area contributed by atoms with Gasteiger partial charge in [-0.05, 0) is 17.7 Å². The number of para-hydroxylation sites is 2. The molecule has 144 valence electrons. The summed E-state index contributed by atoms with van der Waals surface area (Å²) in [6, 6.07) is 18.7. The van der Waals surface area contributed by atoms with Gasteiger partial charge in [0.2, 0.25) is 0 Å². The monoisotopic (exact) mass is 392 g/mol. The summed E-state index contributed by atoms with van der Waals surface area (Å²) in [4.78, 5) is 14.0. The molecule has 0 N–H and O–H groups in total. The molecule has 2 heterocycles. The third-order valence-corrected chi connectivity index (χ3v) is 5.91. The van der Waals surface area contributed by atoms with Gasteiger partial charge in [0.05, 0.1) is 12.8 Å². The van der Waals surface area contributed by atoms with E-state index in [0.717, 1.165) is 54.2 Å². The fourth-order valence-electron chi connectivity index (χ4n) is 3.41. The first-order chi connectivity index (χ1) is 13.8. The minimum atomic E-state index is 0.897. The van der Waals surface area contributed by atoms with Gasteiger partial charge in [0, 0.05) is 44.3 Å². The minimum Gasteiger partial charge on any atom is -0.495 e. The summed E-state index contributed by atoms with van der Waals surface area (Å²) in [5.41, 5.74) is 2.45. The van der Waals surface area contributed by atoms with Crippen molar-refractivity contribution in [1.29, 1.82) is 0 Å². The molecule has 0 amide bonds. The first-order valence-electron chi connectivity index (χ1n) is 9.46. The highest BCUT2D eigenvalue weighted by molar-refractivity contribution is 7.98. The van der Waals surface area contributed by atoms with Crippen LogP contribution in [0.1, 0.15) is 5.56 Å². The molecule has 0 atom stereocenters. The molecule has 0 saturated carbocycles. The number of benzene rings is 2. The van der Waals surface area contributed by atoms with E-state index in [4.69, 9.17) is 4.74 Å². The molecule has 1 aromatic heterocycles. The van der Waals surface area contributed by atoms with E-state index in [9.17, 15) is 0 Å². The quantitative estimate of drug-likeness (QED) is 0.588. The SMILES string of the molecule is COc1ccccc1N1CCN(c2nccnc2SCc2ccccc2)CC1. The molecule has 0 radical (unpaired) electrons. The van der Waals surface area contributed by atoms with Crippen LogP contribution in [0.5, 0.6) is 5.75 Å². The van der Waals surface area contributed by atoms with Crippen LogP contribution in [0.2, 0.25) is 0 Å². The number of piperazine rings is 1. The molecule has 1 aliphatic heterocycles. The van der Waals surface area contributed by atoms with Crippen LogP contribution in [-0.2, 0) is 5.75 Å². The molecule has 0 bridgehead atoms. The second-order valence-corrected chi connectivity index (χ2v) is 7.57. The van der Waals surface area contributed by atoms with Gasteiger partial charge in [0.1, 0.15) is 10.8 Å². The maximum Gasteiger partial charge on any atom is 0.161 e. The van der Waals surface area contributed by atoms with Gasteiger partial charge in [-0.1, -0.05) is 54.2 Å². The number of thioether (sulfide) groups is 1. The second-order valence-electron chi connectivity index (χ2n) is 6.61. The number of hydrogen-bond donors (Lipinski definition) is 0. The van der Waals surface area contributed by atoms with E-state index >= 15 is 0 Å². The Balaban J connectivity index is 1.43. The van der Waals surface area contributed by atoms with Crippen molar-refractivity contribution in [3.05, 3.63) is 72.6 Å². The zero-order valence-corrected chi connectivity index (χ0v) is 16.8. The van der Waals surface area contributed by atoms with Gasteiger partial charge in [-0.2, -0.15) is 0 Å². The standard InChI is InChI=1S/C22H24N4OS/c1-27-20-10-6-5-9-19(20)25-13-15-26(16-14-25)21-22(24-12-11-23-21)28-17-18-7-3-2-4-8-18/h2-12H,13-17H2,1H3. The Hall–Kier alpha value is -2.73. The van der Waals surface area contributed by atoms with Gasteiger partial charge in [0.15, 0.2) is 5.82 Å². The molecule has 2 aromatic carbocycles.